The number of amides is 1. The monoisotopic (exact) mass is 217 g/mol. The molecule has 4 heteroatoms. The second-order valence-corrected chi connectivity index (χ2v) is 4.67. The third-order valence-electron chi connectivity index (χ3n) is 3.37. The first-order valence-electron chi connectivity index (χ1n) is 5.29. The first-order valence-corrected chi connectivity index (χ1v) is 5.73. The molecule has 2 rings (SSSR count). The van der Waals surface area contributed by atoms with Crippen LogP contribution in [0, 0.1) is 11.8 Å². The lowest BCUT2D eigenvalue weighted by atomic mass is 9.95. The molecular formula is C10H16ClNO2. The Labute approximate surface area is 89.1 Å². The van der Waals surface area contributed by atoms with Gasteiger partial charge in [-0.2, -0.15) is 0 Å². The summed E-state index contributed by atoms with van der Waals surface area (Å²) in [5, 5.41) is 2.98. The van der Waals surface area contributed by atoms with Crippen LogP contribution in [-0.4, -0.2) is 24.1 Å². The van der Waals surface area contributed by atoms with Crippen LogP contribution in [0.2, 0.25) is 0 Å². The van der Waals surface area contributed by atoms with Crippen molar-refractivity contribution in [3.05, 3.63) is 0 Å². The van der Waals surface area contributed by atoms with Gasteiger partial charge in [-0.25, -0.2) is 4.79 Å². The second-order valence-electron chi connectivity index (χ2n) is 4.17. The minimum absolute atomic E-state index is 0.109. The van der Waals surface area contributed by atoms with Crippen LogP contribution in [0.15, 0.2) is 0 Å². The molecule has 0 aliphatic heterocycles. The summed E-state index contributed by atoms with van der Waals surface area (Å²) < 4.78 is 4.85. The molecule has 0 aromatic heterocycles. The maximum absolute atomic E-state index is 11.2. The molecule has 2 saturated carbocycles. The molecule has 0 saturated heterocycles. The van der Waals surface area contributed by atoms with Crippen LogP contribution in [0.1, 0.15) is 26.2 Å². The zero-order chi connectivity index (χ0) is 10.1. The summed E-state index contributed by atoms with van der Waals surface area (Å²) >= 11 is 6.25. The van der Waals surface area contributed by atoms with Crippen LogP contribution in [0.3, 0.4) is 0 Å². The fourth-order valence-electron chi connectivity index (χ4n) is 2.73. The molecule has 1 amide bonds. The van der Waals surface area contributed by atoms with E-state index in [-0.39, 0.29) is 17.5 Å². The average Bonchev–Trinajstić information content (AvgIpc) is 2.70. The largest absolute Gasteiger partial charge is 0.450 e. The van der Waals surface area contributed by atoms with E-state index in [1.54, 1.807) is 6.92 Å². The van der Waals surface area contributed by atoms with Gasteiger partial charge in [-0.15, -0.1) is 11.6 Å². The highest BCUT2D eigenvalue weighted by molar-refractivity contribution is 6.21. The molecule has 0 aromatic rings. The van der Waals surface area contributed by atoms with E-state index in [1.165, 1.54) is 19.3 Å². The molecule has 80 valence electrons. The Morgan fingerprint density at radius 2 is 2.21 bits per heavy atom. The van der Waals surface area contributed by atoms with E-state index in [9.17, 15) is 4.79 Å². The Balaban J connectivity index is 1.89. The van der Waals surface area contributed by atoms with Crippen LogP contribution in [-0.2, 0) is 4.74 Å². The van der Waals surface area contributed by atoms with E-state index in [2.05, 4.69) is 5.32 Å². The van der Waals surface area contributed by atoms with Gasteiger partial charge in [0.2, 0.25) is 0 Å². The Morgan fingerprint density at radius 3 is 2.79 bits per heavy atom. The number of nitrogens with one attached hydrogen (secondary N) is 1. The van der Waals surface area contributed by atoms with Crippen molar-refractivity contribution in [2.24, 2.45) is 11.8 Å². The van der Waals surface area contributed by atoms with Crippen LogP contribution >= 0.6 is 11.6 Å². The van der Waals surface area contributed by atoms with Gasteiger partial charge in [0.25, 0.3) is 0 Å². The maximum Gasteiger partial charge on any atom is 0.407 e. The van der Waals surface area contributed by atoms with Crippen molar-refractivity contribution in [1.29, 1.82) is 0 Å². The molecule has 2 aliphatic carbocycles. The number of rotatable bonds is 2. The Kier molecular flexibility index (Phi) is 2.86. The van der Waals surface area contributed by atoms with Gasteiger partial charge in [0.15, 0.2) is 0 Å². The van der Waals surface area contributed by atoms with E-state index in [0.29, 0.717) is 18.4 Å². The molecule has 2 fully saturated rings. The molecule has 0 heterocycles. The molecule has 2 bridgehead atoms. The van der Waals surface area contributed by atoms with Crippen LogP contribution in [0.25, 0.3) is 0 Å². The van der Waals surface area contributed by atoms with Gasteiger partial charge in [0.05, 0.1) is 18.0 Å². The number of hydrogen-bond donors (Lipinski definition) is 1. The van der Waals surface area contributed by atoms with Crippen molar-refractivity contribution >= 4 is 17.7 Å². The summed E-state index contributed by atoms with van der Waals surface area (Å²) in [4.78, 5) is 11.2. The van der Waals surface area contributed by atoms with Gasteiger partial charge in [0, 0.05) is 0 Å². The van der Waals surface area contributed by atoms with Crippen molar-refractivity contribution < 1.29 is 9.53 Å². The van der Waals surface area contributed by atoms with Crippen LogP contribution in [0.4, 0.5) is 4.79 Å². The van der Waals surface area contributed by atoms with Crippen molar-refractivity contribution in [1.82, 2.24) is 5.32 Å². The zero-order valence-electron chi connectivity index (χ0n) is 8.33. The fraction of sp³-hybridized carbons (Fsp3) is 0.900. The first kappa shape index (κ1) is 10.1. The van der Waals surface area contributed by atoms with Crippen LogP contribution < -0.4 is 5.32 Å². The number of ether oxygens (including phenoxy) is 1. The quantitative estimate of drug-likeness (QED) is 0.720. The molecular weight excluding hydrogens is 202 g/mol. The predicted octanol–water partition coefficient (Wildman–Crippen LogP) is 2.14. The van der Waals surface area contributed by atoms with Crippen LogP contribution in [0.5, 0.6) is 0 Å². The summed E-state index contributed by atoms with van der Waals surface area (Å²) in [5.74, 6) is 1.18. The molecule has 2 aliphatic rings. The van der Waals surface area contributed by atoms with E-state index in [0.717, 1.165) is 0 Å². The molecule has 4 atom stereocenters. The van der Waals surface area contributed by atoms with E-state index in [1.807, 2.05) is 0 Å². The summed E-state index contributed by atoms with van der Waals surface area (Å²) in [5.41, 5.74) is 0. The van der Waals surface area contributed by atoms with E-state index in [4.69, 9.17) is 16.3 Å². The SMILES string of the molecule is CCOC(=O)N[C@H]1[C@@H]2CC[C@@H](C2)[C@H]1Cl. The lowest BCUT2D eigenvalue weighted by molar-refractivity contribution is 0.144. The number of alkyl halides is 1. The van der Waals surface area contributed by atoms with Gasteiger partial charge in [-0.3, -0.25) is 0 Å². The zero-order valence-corrected chi connectivity index (χ0v) is 9.09. The number of hydrogen-bond acceptors (Lipinski definition) is 2. The minimum atomic E-state index is -0.323. The summed E-state index contributed by atoms with van der Waals surface area (Å²) in [6.45, 7) is 2.22. The normalized spacial score (nSPS) is 39.9. The third kappa shape index (κ3) is 1.70. The van der Waals surface area contributed by atoms with Crippen molar-refractivity contribution in [2.45, 2.75) is 37.6 Å². The topological polar surface area (TPSA) is 38.3 Å². The molecule has 14 heavy (non-hydrogen) atoms. The maximum atomic E-state index is 11.2. The van der Waals surface area contributed by atoms with E-state index >= 15 is 0 Å². The first-order chi connectivity index (χ1) is 6.72. The number of carbonyl (C=O) groups is 1. The molecule has 0 unspecified atom stereocenters. The Hall–Kier alpha value is -0.440. The van der Waals surface area contributed by atoms with Gasteiger partial charge in [0.1, 0.15) is 0 Å². The Bertz CT molecular complexity index is 232. The van der Waals surface area contributed by atoms with Gasteiger partial charge in [-0.05, 0) is 38.0 Å². The van der Waals surface area contributed by atoms with Gasteiger partial charge in [-0.1, -0.05) is 0 Å². The number of halogens is 1. The molecule has 1 N–H and O–H groups in total. The lowest BCUT2D eigenvalue weighted by Gasteiger charge is -2.26. The molecule has 0 aromatic carbocycles. The van der Waals surface area contributed by atoms with Crippen molar-refractivity contribution in [3.8, 4) is 0 Å². The van der Waals surface area contributed by atoms with Gasteiger partial charge < -0.3 is 10.1 Å². The highest BCUT2D eigenvalue weighted by Crippen LogP contribution is 2.47. The molecule has 0 spiro atoms. The smallest absolute Gasteiger partial charge is 0.407 e. The number of alkyl carbamates (subject to hydrolysis) is 1. The van der Waals surface area contributed by atoms with Crippen molar-refractivity contribution in [3.63, 3.8) is 0 Å². The highest BCUT2D eigenvalue weighted by Gasteiger charge is 2.47. The number of carbonyl (C=O) groups excluding carboxylic acids is 1. The second kappa shape index (κ2) is 3.97. The summed E-state index contributed by atoms with van der Waals surface area (Å²) in [7, 11) is 0. The van der Waals surface area contributed by atoms with Crippen molar-refractivity contribution in [2.75, 3.05) is 6.61 Å². The summed E-state index contributed by atoms with van der Waals surface area (Å²) in [6, 6.07) is 0.134. The minimum Gasteiger partial charge on any atom is -0.450 e. The molecule has 3 nitrogen and oxygen atoms in total. The fourth-order valence-corrected chi connectivity index (χ4v) is 3.23. The lowest BCUT2D eigenvalue weighted by Crippen LogP contribution is -2.44. The molecule has 0 radical (unpaired) electrons. The number of fused-ring (bicyclic) bond motifs is 2. The van der Waals surface area contributed by atoms with Gasteiger partial charge >= 0.3 is 6.09 Å². The summed E-state index contributed by atoms with van der Waals surface area (Å²) in [6.07, 6.45) is 3.27. The standard InChI is InChI=1S/C10H16ClNO2/c1-2-14-10(13)12-9-7-4-3-6(5-7)8(9)11/h6-9H,2-5H2,1H3,(H,12,13)/t6-,7+,8+,9-/m0/s1. The average molecular weight is 218 g/mol. The Morgan fingerprint density at radius 1 is 1.50 bits per heavy atom. The highest BCUT2D eigenvalue weighted by atomic mass is 35.5. The third-order valence-corrected chi connectivity index (χ3v) is 4.00. The predicted molar refractivity (Wildman–Crippen MR) is 54.4 cm³/mol. The van der Waals surface area contributed by atoms with E-state index < -0.39 is 0 Å².